The number of amidine groups is 1. The molecule has 0 N–H and O–H groups in total. The van der Waals surface area contributed by atoms with Crippen LogP contribution in [-0.2, 0) is 9.53 Å². The van der Waals surface area contributed by atoms with Crippen LogP contribution in [0.3, 0.4) is 0 Å². The molecule has 138 valence electrons. The van der Waals surface area contributed by atoms with Gasteiger partial charge in [-0.05, 0) is 47.7 Å². The normalized spacial score (nSPS) is 17.0. The highest BCUT2D eigenvalue weighted by Crippen LogP contribution is 2.35. The van der Waals surface area contributed by atoms with Gasteiger partial charge in [-0.25, -0.2) is 9.79 Å². The minimum atomic E-state index is -0.447. The van der Waals surface area contributed by atoms with Gasteiger partial charge in [0, 0.05) is 7.05 Å². The molecule has 1 amide bonds. The van der Waals surface area contributed by atoms with E-state index in [-0.39, 0.29) is 5.91 Å². The first-order chi connectivity index (χ1) is 12.9. The van der Waals surface area contributed by atoms with Crippen LogP contribution in [0, 0.1) is 0 Å². The molecule has 0 unspecified atom stereocenters. The molecule has 2 aromatic carbocycles. The third kappa shape index (κ3) is 4.18. The Bertz CT molecular complexity index is 989. The van der Waals surface area contributed by atoms with Crippen molar-refractivity contribution in [2.75, 3.05) is 14.2 Å². The van der Waals surface area contributed by atoms with E-state index in [0.29, 0.717) is 36.9 Å². The number of amides is 1. The summed E-state index contributed by atoms with van der Waals surface area (Å²) in [7, 11) is 2.96. The summed E-state index contributed by atoms with van der Waals surface area (Å²) in [6.07, 6.45) is 1.69. The largest absolute Gasteiger partial charge is 0.465 e. The summed E-state index contributed by atoms with van der Waals surface area (Å²) in [5.74, 6) is -0.643. The number of aliphatic imine (C=N–C) groups is 1. The van der Waals surface area contributed by atoms with E-state index in [2.05, 4.69) is 4.99 Å². The van der Waals surface area contributed by atoms with Gasteiger partial charge < -0.3 is 4.74 Å². The minimum absolute atomic E-state index is 0.195. The standard InChI is InChI=1S/C19H14Cl2N2O3S/c1-23-17(24)15(10-11-5-4-8-14(20)16(11)21)27-19(23)22-13-7-3-6-12(9-13)18(25)26-2/h3-10H,1-2H3. The van der Waals surface area contributed by atoms with Crippen molar-refractivity contribution < 1.29 is 14.3 Å². The summed E-state index contributed by atoms with van der Waals surface area (Å²) in [5.41, 5.74) is 1.59. The van der Waals surface area contributed by atoms with Gasteiger partial charge in [0.2, 0.25) is 0 Å². The molecule has 1 fully saturated rings. The number of nitrogens with zero attached hydrogens (tertiary/aromatic N) is 2. The summed E-state index contributed by atoms with van der Waals surface area (Å²) >= 11 is 13.4. The van der Waals surface area contributed by atoms with Crippen LogP contribution < -0.4 is 0 Å². The molecule has 0 aliphatic carbocycles. The van der Waals surface area contributed by atoms with Crippen molar-refractivity contribution in [2.24, 2.45) is 4.99 Å². The van der Waals surface area contributed by atoms with Crippen molar-refractivity contribution in [2.45, 2.75) is 0 Å². The lowest BCUT2D eigenvalue weighted by atomic mass is 10.2. The Balaban J connectivity index is 1.92. The fraction of sp³-hybridized carbons (Fsp3) is 0.105. The number of halogens is 2. The minimum Gasteiger partial charge on any atom is -0.465 e. The number of hydrogen-bond donors (Lipinski definition) is 0. The maximum absolute atomic E-state index is 12.5. The lowest BCUT2D eigenvalue weighted by Gasteiger charge is -2.07. The molecule has 0 aromatic heterocycles. The van der Waals surface area contributed by atoms with Gasteiger partial charge in [0.05, 0.1) is 33.3 Å². The molecule has 1 heterocycles. The SMILES string of the molecule is COC(=O)c1cccc(N=C2SC(=Cc3cccc(Cl)c3Cl)C(=O)N2C)c1. The van der Waals surface area contributed by atoms with Crippen molar-refractivity contribution >= 4 is 63.8 Å². The number of methoxy groups -OCH3 is 1. The molecule has 3 rings (SSSR count). The zero-order valence-corrected chi connectivity index (χ0v) is 16.7. The first-order valence-electron chi connectivity index (χ1n) is 7.79. The maximum atomic E-state index is 12.5. The number of thioether (sulfide) groups is 1. The number of carbonyl (C=O) groups is 2. The van der Waals surface area contributed by atoms with E-state index < -0.39 is 5.97 Å². The molecular weight excluding hydrogens is 407 g/mol. The second-order valence-electron chi connectivity index (χ2n) is 5.55. The summed E-state index contributed by atoms with van der Waals surface area (Å²) in [5, 5.41) is 1.30. The molecule has 1 saturated heterocycles. The number of likely N-dealkylation sites (N-methyl/N-ethyl adjacent to an activating group) is 1. The predicted octanol–water partition coefficient (Wildman–Crippen LogP) is 5.01. The van der Waals surface area contributed by atoms with E-state index in [1.165, 1.54) is 23.8 Å². The average Bonchev–Trinajstić information content (AvgIpc) is 2.93. The molecule has 27 heavy (non-hydrogen) atoms. The number of benzene rings is 2. The third-order valence-corrected chi connectivity index (χ3v) is 5.66. The molecule has 8 heteroatoms. The number of hydrogen-bond acceptors (Lipinski definition) is 5. The van der Waals surface area contributed by atoms with Crippen molar-refractivity contribution in [1.29, 1.82) is 0 Å². The third-order valence-electron chi connectivity index (χ3n) is 3.76. The second kappa shape index (κ2) is 8.17. The Hall–Kier alpha value is -2.28. The quantitative estimate of drug-likeness (QED) is 0.516. The average molecular weight is 421 g/mol. The second-order valence-corrected chi connectivity index (χ2v) is 7.35. The number of esters is 1. The highest BCUT2D eigenvalue weighted by atomic mass is 35.5. The van der Waals surface area contributed by atoms with Crippen LogP contribution in [0.25, 0.3) is 6.08 Å². The van der Waals surface area contributed by atoms with Crippen LogP contribution in [0.15, 0.2) is 52.4 Å². The molecule has 1 aliphatic rings. The van der Waals surface area contributed by atoms with Crippen LogP contribution in [0.2, 0.25) is 10.0 Å². The van der Waals surface area contributed by atoms with Crippen LogP contribution in [0.1, 0.15) is 15.9 Å². The summed E-state index contributed by atoms with van der Waals surface area (Å²) in [6.45, 7) is 0. The molecule has 0 radical (unpaired) electrons. The highest BCUT2D eigenvalue weighted by Gasteiger charge is 2.30. The number of ether oxygens (including phenoxy) is 1. The van der Waals surface area contributed by atoms with Crippen LogP contribution >= 0.6 is 35.0 Å². The summed E-state index contributed by atoms with van der Waals surface area (Å²) < 4.78 is 4.71. The van der Waals surface area contributed by atoms with E-state index in [0.717, 1.165) is 0 Å². The fourth-order valence-corrected chi connectivity index (χ4v) is 3.70. The molecule has 1 aliphatic heterocycles. The lowest BCUT2D eigenvalue weighted by molar-refractivity contribution is -0.121. The van der Waals surface area contributed by atoms with Gasteiger partial charge in [-0.3, -0.25) is 9.69 Å². The number of rotatable bonds is 3. The zero-order valence-electron chi connectivity index (χ0n) is 14.4. The van der Waals surface area contributed by atoms with Crippen LogP contribution in [0.4, 0.5) is 5.69 Å². The van der Waals surface area contributed by atoms with Crippen LogP contribution in [0.5, 0.6) is 0 Å². The van der Waals surface area contributed by atoms with Gasteiger partial charge in [-0.2, -0.15) is 0 Å². The molecule has 5 nitrogen and oxygen atoms in total. The fourth-order valence-electron chi connectivity index (χ4n) is 2.36. The molecule has 0 atom stereocenters. The van der Waals surface area contributed by atoms with E-state index in [9.17, 15) is 9.59 Å². The summed E-state index contributed by atoms with van der Waals surface area (Å²) in [6, 6.07) is 11.9. The maximum Gasteiger partial charge on any atom is 0.337 e. The van der Waals surface area contributed by atoms with Gasteiger partial charge >= 0.3 is 5.97 Å². The predicted molar refractivity (Wildman–Crippen MR) is 110 cm³/mol. The summed E-state index contributed by atoms with van der Waals surface area (Å²) in [4.78, 5) is 30.6. The van der Waals surface area contributed by atoms with E-state index in [1.807, 2.05) is 0 Å². The van der Waals surface area contributed by atoms with Gasteiger partial charge in [-0.1, -0.05) is 41.4 Å². The first kappa shape index (κ1) is 19.5. The van der Waals surface area contributed by atoms with E-state index in [4.69, 9.17) is 27.9 Å². The highest BCUT2D eigenvalue weighted by molar-refractivity contribution is 8.18. The molecule has 0 saturated carbocycles. The van der Waals surface area contributed by atoms with Crippen molar-refractivity contribution in [3.8, 4) is 0 Å². The van der Waals surface area contributed by atoms with Gasteiger partial charge in [0.25, 0.3) is 5.91 Å². The van der Waals surface area contributed by atoms with Crippen molar-refractivity contribution in [3.05, 3.63) is 68.5 Å². The topological polar surface area (TPSA) is 59.0 Å². The first-order valence-corrected chi connectivity index (χ1v) is 9.36. The van der Waals surface area contributed by atoms with Crippen molar-refractivity contribution in [1.82, 2.24) is 4.90 Å². The monoisotopic (exact) mass is 420 g/mol. The van der Waals surface area contributed by atoms with Crippen molar-refractivity contribution in [3.63, 3.8) is 0 Å². The molecule has 0 bridgehead atoms. The Morgan fingerprint density at radius 2 is 1.96 bits per heavy atom. The van der Waals surface area contributed by atoms with E-state index in [1.54, 1.807) is 55.6 Å². The lowest BCUT2D eigenvalue weighted by Crippen LogP contribution is -2.23. The van der Waals surface area contributed by atoms with Gasteiger partial charge in [0.1, 0.15) is 0 Å². The number of carbonyl (C=O) groups excluding carboxylic acids is 2. The van der Waals surface area contributed by atoms with Gasteiger partial charge in [-0.15, -0.1) is 0 Å². The zero-order chi connectivity index (χ0) is 19.6. The Morgan fingerprint density at radius 3 is 2.70 bits per heavy atom. The van der Waals surface area contributed by atoms with Crippen LogP contribution in [-0.4, -0.2) is 36.1 Å². The molecule has 2 aromatic rings. The Kier molecular flexibility index (Phi) is 5.89. The van der Waals surface area contributed by atoms with E-state index >= 15 is 0 Å². The Labute approximate surface area is 170 Å². The molecule has 0 spiro atoms. The smallest absolute Gasteiger partial charge is 0.337 e. The molecular formula is C19H14Cl2N2O3S. The van der Waals surface area contributed by atoms with Gasteiger partial charge in [0.15, 0.2) is 5.17 Å². The Morgan fingerprint density at radius 1 is 1.22 bits per heavy atom.